The minimum absolute atomic E-state index is 0.0213. The van der Waals surface area contributed by atoms with Crippen LogP contribution in [0.2, 0.25) is 0 Å². The van der Waals surface area contributed by atoms with Crippen molar-refractivity contribution in [2.24, 2.45) is 0 Å². The highest BCUT2D eigenvalue weighted by atomic mass is 19.1. The smallest absolute Gasteiger partial charge is 0.332 e. The summed E-state index contributed by atoms with van der Waals surface area (Å²) in [5, 5.41) is 0. The predicted octanol–water partition coefficient (Wildman–Crippen LogP) is 5.90. The first kappa shape index (κ1) is 26.7. The minimum atomic E-state index is -1.05. The Hall–Kier alpha value is -4.56. The highest BCUT2D eigenvalue weighted by Gasteiger charge is 2.58. The number of piperidine rings is 1. The number of likely N-dealkylation sites (tertiary alicyclic amines) is 1. The molecule has 3 heterocycles. The second kappa shape index (κ2) is 11.1. The van der Waals surface area contributed by atoms with Gasteiger partial charge in [0.25, 0.3) is 5.91 Å². The highest BCUT2D eigenvalue weighted by Crippen LogP contribution is 2.41. The first-order chi connectivity index (χ1) is 20.0. The van der Waals surface area contributed by atoms with Crippen LogP contribution in [0.5, 0.6) is 5.75 Å². The summed E-state index contributed by atoms with van der Waals surface area (Å²) in [5.74, 6) is -0.114. The van der Waals surface area contributed by atoms with Crippen molar-refractivity contribution in [2.45, 2.75) is 31.5 Å². The van der Waals surface area contributed by atoms with Gasteiger partial charge in [0.15, 0.2) is 0 Å². The zero-order valence-electron chi connectivity index (χ0n) is 22.9. The lowest BCUT2D eigenvalue weighted by molar-refractivity contribution is -0.127. The lowest BCUT2D eigenvalue weighted by Crippen LogP contribution is -2.56. The normalized spacial score (nSPS) is 16.9. The van der Waals surface area contributed by atoms with Gasteiger partial charge < -0.3 is 9.64 Å². The molecule has 0 atom stereocenters. The van der Waals surface area contributed by atoms with Crippen LogP contribution in [-0.4, -0.2) is 52.5 Å². The third kappa shape index (κ3) is 5.07. The largest absolute Gasteiger partial charge is 0.497 e. The number of benzene rings is 3. The number of halogens is 1. The minimum Gasteiger partial charge on any atom is -0.497 e. The summed E-state index contributed by atoms with van der Waals surface area (Å²) in [6.07, 6.45) is 4.53. The van der Waals surface area contributed by atoms with Crippen molar-refractivity contribution >= 4 is 17.6 Å². The van der Waals surface area contributed by atoms with Gasteiger partial charge in [-0.3, -0.25) is 14.7 Å². The third-order valence-electron chi connectivity index (χ3n) is 8.18. The van der Waals surface area contributed by atoms with E-state index in [9.17, 15) is 14.0 Å². The fourth-order valence-electron chi connectivity index (χ4n) is 5.87. The Labute approximate surface area is 238 Å². The average molecular weight is 551 g/mol. The van der Waals surface area contributed by atoms with Crippen molar-refractivity contribution in [1.82, 2.24) is 14.8 Å². The topological polar surface area (TPSA) is 66.0 Å². The summed E-state index contributed by atoms with van der Waals surface area (Å²) in [4.78, 5) is 37.3. The number of carbonyl (C=O) groups excluding carboxylic acids is 2. The summed E-state index contributed by atoms with van der Waals surface area (Å²) in [6.45, 7) is 2.01. The lowest BCUT2D eigenvalue weighted by Gasteiger charge is -2.42. The Morgan fingerprint density at radius 1 is 0.878 bits per heavy atom. The molecule has 0 bridgehead atoms. The molecule has 0 radical (unpaired) electrons. The molecule has 0 saturated carbocycles. The number of hydrogen-bond donors (Lipinski definition) is 0. The molecule has 41 heavy (non-hydrogen) atoms. The van der Waals surface area contributed by atoms with E-state index < -0.39 is 17.4 Å². The summed E-state index contributed by atoms with van der Waals surface area (Å²) in [5.41, 5.74) is 3.13. The van der Waals surface area contributed by atoms with Crippen LogP contribution in [0.15, 0.2) is 97.3 Å². The van der Waals surface area contributed by atoms with Crippen molar-refractivity contribution in [3.63, 3.8) is 0 Å². The number of imide groups is 1. The highest BCUT2D eigenvalue weighted by molar-refractivity contribution is 6.23. The van der Waals surface area contributed by atoms with Gasteiger partial charge in [0.05, 0.1) is 19.3 Å². The van der Waals surface area contributed by atoms with Gasteiger partial charge in [-0.15, -0.1) is 0 Å². The molecule has 3 amide bonds. The quantitative estimate of drug-likeness (QED) is 0.268. The Balaban J connectivity index is 1.23. The Morgan fingerprint density at radius 3 is 2.37 bits per heavy atom. The fraction of sp³-hybridized carbons (Fsp3) is 0.242. The van der Waals surface area contributed by atoms with Crippen molar-refractivity contribution < 1.29 is 18.7 Å². The molecular formula is C33H31FN4O3. The molecule has 2 aliphatic rings. The number of hydrogen-bond acceptors (Lipinski definition) is 5. The number of carbonyl (C=O) groups is 2. The maximum Gasteiger partial charge on any atom is 0.332 e. The van der Waals surface area contributed by atoms with Crippen LogP contribution in [0.3, 0.4) is 0 Å². The number of methoxy groups -OCH3 is 1. The predicted molar refractivity (Wildman–Crippen MR) is 155 cm³/mol. The molecule has 2 saturated heterocycles. The number of aromatic nitrogens is 1. The molecule has 2 aliphatic heterocycles. The van der Waals surface area contributed by atoms with E-state index in [1.807, 2.05) is 18.3 Å². The van der Waals surface area contributed by atoms with Gasteiger partial charge in [0.1, 0.15) is 17.1 Å². The van der Waals surface area contributed by atoms with E-state index in [-0.39, 0.29) is 12.5 Å². The van der Waals surface area contributed by atoms with Gasteiger partial charge in [-0.1, -0.05) is 54.6 Å². The second-order valence-corrected chi connectivity index (χ2v) is 10.5. The number of anilines is 1. The molecule has 6 rings (SSSR count). The number of nitrogens with zero attached hydrogens (tertiary/aromatic N) is 4. The van der Waals surface area contributed by atoms with Crippen LogP contribution in [0.1, 0.15) is 24.0 Å². The van der Waals surface area contributed by atoms with Gasteiger partial charge in [-0.2, -0.15) is 0 Å². The monoisotopic (exact) mass is 550 g/mol. The van der Waals surface area contributed by atoms with Crippen molar-refractivity contribution in [3.8, 4) is 16.9 Å². The number of amides is 3. The average Bonchev–Trinajstić information content (AvgIpc) is 3.21. The fourth-order valence-corrected chi connectivity index (χ4v) is 5.87. The van der Waals surface area contributed by atoms with E-state index in [1.54, 1.807) is 60.7 Å². The maximum atomic E-state index is 14.7. The molecule has 0 N–H and O–H groups in total. The molecule has 2 fully saturated rings. The molecule has 1 spiro atoms. The molecule has 208 valence electrons. The van der Waals surface area contributed by atoms with Crippen LogP contribution in [-0.2, 0) is 17.9 Å². The number of ether oxygens (including phenoxy) is 1. The zero-order valence-corrected chi connectivity index (χ0v) is 22.9. The van der Waals surface area contributed by atoms with Crippen LogP contribution in [0.4, 0.5) is 14.9 Å². The van der Waals surface area contributed by atoms with E-state index in [2.05, 4.69) is 34.1 Å². The van der Waals surface area contributed by atoms with Crippen molar-refractivity contribution in [2.75, 3.05) is 25.1 Å². The molecule has 7 nitrogen and oxygen atoms in total. The first-order valence-corrected chi connectivity index (χ1v) is 13.7. The van der Waals surface area contributed by atoms with Crippen LogP contribution in [0.25, 0.3) is 11.1 Å². The molecule has 8 heteroatoms. The molecule has 1 aromatic heterocycles. The van der Waals surface area contributed by atoms with E-state index in [4.69, 9.17) is 4.74 Å². The Kier molecular flexibility index (Phi) is 7.24. The molecule has 4 aromatic rings. The standard InChI is InChI=1S/C33H31FN4O3/c1-41-29-9-4-8-28(20-29)38-31(39)33(37(32(38)40)23-27-6-2-3-10-30(27)34)15-18-36(19-16-33)22-24-11-13-25(14-12-24)26-7-5-17-35-21-26/h2-14,17,20-21H,15-16,18-19,22-23H2,1H3. The molecule has 0 unspecified atom stereocenters. The molecular weight excluding hydrogens is 519 g/mol. The summed E-state index contributed by atoms with van der Waals surface area (Å²) >= 11 is 0. The second-order valence-electron chi connectivity index (χ2n) is 10.5. The first-order valence-electron chi connectivity index (χ1n) is 13.7. The SMILES string of the molecule is COc1cccc(N2C(=O)N(Cc3ccccc3F)C3(CCN(Cc4ccc(-c5cccnc5)cc4)CC3)C2=O)c1. The van der Waals surface area contributed by atoms with Gasteiger partial charge in [0, 0.05) is 43.7 Å². The van der Waals surface area contributed by atoms with E-state index in [1.165, 1.54) is 16.5 Å². The Morgan fingerprint density at radius 2 is 1.66 bits per heavy atom. The van der Waals surface area contributed by atoms with Crippen LogP contribution in [0, 0.1) is 5.82 Å². The van der Waals surface area contributed by atoms with Crippen molar-refractivity contribution in [1.29, 1.82) is 0 Å². The van der Waals surface area contributed by atoms with E-state index in [0.717, 1.165) is 17.7 Å². The number of pyridine rings is 1. The van der Waals surface area contributed by atoms with Gasteiger partial charge in [-0.25, -0.2) is 14.1 Å². The maximum absolute atomic E-state index is 14.7. The van der Waals surface area contributed by atoms with Gasteiger partial charge in [0.2, 0.25) is 0 Å². The molecule has 0 aliphatic carbocycles. The van der Waals surface area contributed by atoms with E-state index in [0.29, 0.717) is 42.9 Å². The lowest BCUT2D eigenvalue weighted by atomic mass is 9.85. The summed E-state index contributed by atoms with van der Waals surface area (Å²) in [7, 11) is 1.54. The van der Waals surface area contributed by atoms with Crippen LogP contribution >= 0.6 is 0 Å². The zero-order chi connectivity index (χ0) is 28.4. The number of urea groups is 1. The van der Waals surface area contributed by atoms with Gasteiger partial charge >= 0.3 is 6.03 Å². The Bertz CT molecular complexity index is 1550. The van der Waals surface area contributed by atoms with Gasteiger partial charge in [-0.05, 0) is 53.8 Å². The van der Waals surface area contributed by atoms with E-state index >= 15 is 0 Å². The third-order valence-corrected chi connectivity index (χ3v) is 8.18. The summed E-state index contributed by atoms with van der Waals surface area (Å²) < 4.78 is 20.1. The summed E-state index contributed by atoms with van der Waals surface area (Å²) in [6, 6.07) is 25.3. The van der Waals surface area contributed by atoms with Crippen molar-refractivity contribution in [3.05, 3.63) is 114 Å². The number of rotatable bonds is 7. The molecule has 3 aromatic carbocycles. The van der Waals surface area contributed by atoms with Crippen LogP contribution < -0.4 is 9.64 Å².